The molecule has 1 atom stereocenters. The number of hydrogen-bond acceptors (Lipinski definition) is 4. The van der Waals surface area contributed by atoms with Gasteiger partial charge in [0.05, 0.1) is 13.2 Å². The summed E-state index contributed by atoms with van der Waals surface area (Å²) in [6.45, 7) is 2.20. The fourth-order valence-electron chi connectivity index (χ4n) is 5.10. The van der Waals surface area contributed by atoms with Crippen molar-refractivity contribution in [3.8, 4) is 11.5 Å². The van der Waals surface area contributed by atoms with Crippen molar-refractivity contribution in [3.05, 3.63) is 59.1 Å². The van der Waals surface area contributed by atoms with Crippen LogP contribution in [0.1, 0.15) is 37.7 Å². The van der Waals surface area contributed by atoms with Crippen LogP contribution in [0.3, 0.4) is 0 Å². The normalized spacial score (nSPS) is 23.6. The second kappa shape index (κ2) is 8.81. The Bertz CT molecular complexity index is 918. The number of carbonyl (C=O) groups is 1. The van der Waals surface area contributed by atoms with Crippen molar-refractivity contribution in [2.45, 2.75) is 50.4 Å². The predicted octanol–water partition coefficient (Wildman–Crippen LogP) is 5.21. The molecule has 5 rings (SSSR count). The van der Waals surface area contributed by atoms with E-state index in [0.717, 1.165) is 50.0 Å². The van der Waals surface area contributed by atoms with Gasteiger partial charge in [0.25, 0.3) is 0 Å². The van der Waals surface area contributed by atoms with Crippen LogP contribution in [0.4, 0.5) is 0 Å². The zero-order valence-electron chi connectivity index (χ0n) is 17.6. The Morgan fingerprint density at radius 3 is 2.45 bits per heavy atom. The standard InChI is InChI=1S/C25H28ClNO4/c26-23-17-22(31-21-4-2-1-3-5-21)7-6-18(23)16-19-10-13-27(24(19)28)20-8-11-25(12-9-20)29-14-15-30-25/h1-7,17,19-20H,8-16H2. The zero-order chi connectivity index (χ0) is 21.3. The van der Waals surface area contributed by atoms with Crippen LogP contribution in [0, 0.1) is 5.92 Å². The topological polar surface area (TPSA) is 48.0 Å². The second-order valence-electron chi connectivity index (χ2n) is 8.73. The van der Waals surface area contributed by atoms with Gasteiger partial charge in [0.15, 0.2) is 5.79 Å². The highest BCUT2D eigenvalue weighted by Crippen LogP contribution is 2.39. The van der Waals surface area contributed by atoms with Crippen molar-refractivity contribution in [2.24, 2.45) is 5.92 Å². The zero-order valence-corrected chi connectivity index (χ0v) is 18.4. The molecule has 2 aromatic rings. The Morgan fingerprint density at radius 1 is 1.00 bits per heavy atom. The van der Waals surface area contributed by atoms with E-state index >= 15 is 0 Å². The summed E-state index contributed by atoms with van der Waals surface area (Å²) in [7, 11) is 0. The van der Waals surface area contributed by atoms with Gasteiger partial charge in [0, 0.05) is 36.4 Å². The number of nitrogens with zero attached hydrogens (tertiary/aromatic N) is 1. The van der Waals surface area contributed by atoms with Crippen LogP contribution >= 0.6 is 11.6 Å². The maximum Gasteiger partial charge on any atom is 0.226 e. The minimum Gasteiger partial charge on any atom is -0.457 e. The molecule has 1 amide bonds. The van der Waals surface area contributed by atoms with Crippen molar-refractivity contribution >= 4 is 17.5 Å². The lowest BCUT2D eigenvalue weighted by Crippen LogP contribution is -2.45. The molecule has 2 saturated heterocycles. The summed E-state index contributed by atoms with van der Waals surface area (Å²) in [6.07, 6.45) is 5.20. The average Bonchev–Trinajstić information content (AvgIpc) is 3.39. The minimum absolute atomic E-state index is 0.00624. The van der Waals surface area contributed by atoms with Crippen LogP contribution in [0.5, 0.6) is 11.5 Å². The summed E-state index contributed by atoms with van der Waals surface area (Å²) < 4.78 is 17.5. The van der Waals surface area contributed by atoms with E-state index in [1.54, 1.807) is 0 Å². The molecule has 0 aromatic heterocycles. The average molecular weight is 442 g/mol. The van der Waals surface area contributed by atoms with Crippen molar-refractivity contribution in [3.63, 3.8) is 0 Å². The van der Waals surface area contributed by atoms with Gasteiger partial charge in [0.2, 0.25) is 5.91 Å². The van der Waals surface area contributed by atoms with Gasteiger partial charge in [-0.25, -0.2) is 0 Å². The second-order valence-corrected chi connectivity index (χ2v) is 9.14. The summed E-state index contributed by atoms with van der Waals surface area (Å²) in [6, 6.07) is 15.7. The molecule has 2 heterocycles. The third kappa shape index (κ3) is 4.45. The number of amides is 1. The van der Waals surface area contributed by atoms with Crippen molar-refractivity contribution in [1.82, 2.24) is 4.90 Å². The molecule has 0 N–H and O–H groups in total. The van der Waals surface area contributed by atoms with E-state index in [2.05, 4.69) is 4.90 Å². The first-order valence-corrected chi connectivity index (χ1v) is 11.6. The largest absolute Gasteiger partial charge is 0.457 e. The maximum absolute atomic E-state index is 13.1. The number of rotatable bonds is 5. The van der Waals surface area contributed by atoms with Gasteiger partial charge in [-0.05, 0) is 55.5 Å². The van der Waals surface area contributed by atoms with Gasteiger partial charge in [-0.2, -0.15) is 0 Å². The minimum atomic E-state index is -0.379. The molecule has 0 bridgehead atoms. The van der Waals surface area contributed by atoms with E-state index in [1.807, 2.05) is 48.5 Å². The number of ether oxygens (including phenoxy) is 3. The molecule has 1 spiro atoms. The quantitative estimate of drug-likeness (QED) is 0.639. The van der Waals surface area contributed by atoms with Crippen molar-refractivity contribution in [2.75, 3.05) is 19.8 Å². The van der Waals surface area contributed by atoms with Crippen molar-refractivity contribution in [1.29, 1.82) is 0 Å². The van der Waals surface area contributed by atoms with Gasteiger partial charge in [-0.1, -0.05) is 35.9 Å². The molecule has 1 saturated carbocycles. The van der Waals surface area contributed by atoms with Crippen LogP contribution in [-0.2, 0) is 20.7 Å². The summed E-state index contributed by atoms with van der Waals surface area (Å²) in [5, 5.41) is 0.648. The van der Waals surface area contributed by atoms with E-state index in [0.29, 0.717) is 36.4 Å². The van der Waals surface area contributed by atoms with Crippen LogP contribution in [-0.4, -0.2) is 42.4 Å². The lowest BCUT2D eigenvalue weighted by atomic mass is 9.89. The third-order valence-corrected chi connectivity index (χ3v) is 7.14. The van der Waals surface area contributed by atoms with Gasteiger partial charge < -0.3 is 19.1 Å². The molecule has 3 aliphatic rings. The summed E-state index contributed by atoms with van der Waals surface area (Å²) >= 11 is 6.54. The van der Waals surface area contributed by atoms with Crippen molar-refractivity contribution < 1.29 is 19.0 Å². The highest BCUT2D eigenvalue weighted by atomic mass is 35.5. The van der Waals surface area contributed by atoms with E-state index in [4.69, 9.17) is 25.8 Å². The SMILES string of the molecule is O=C1C(Cc2ccc(Oc3ccccc3)cc2Cl)CCN1C1CCC2(CC1)OCCO2. The maximum atomic E-state index is 13.1. The molecule has 5 nitrogen and oxygen atoms in total. The Kier molecular flexibility index (Phi) is 5.91. The number of likely N-dealkylation sites (tertiary alicyclic amines) is 1. The highest BCUT2D eigenvalue weighted by Gasteiger charge is 2.44. The number of hydrogen-bond donors (Lipinski definition) is 0. The Morgan fingerprint density at radius 2 is 1.74 bits per heavy atom. The van der Waals surface area contributed by atoms with Gasteiger partial charge in [0.1, 0.15) is 11.5 Å². The van der Waals surface area contributed by atoms with Gasteiger partial charge in [-0.3, -0.25) is 4.79 Å². The molecule has 2 aliphatic heterocycles. The van der Waals surface area contributed by atoms with E-state index < -0.39 is 0 Å². The van der Waals surface area contributed by atoms with Crippen LogP contribution < -0.4 is 4.74 Å². The molecule has 164 valence electrons. The Labute approximate surface area is 188 Å². The molecule has 2 aromatic carbocycles. The molecule has 0 radical (unpaired) electrons. The van der Waals surface area contributed by atoms with Crippen LogP contribution in [0.15, 0.2) is 48.5 Å². The van der Waals surface area contributed by atoms with E-state index in [1.165, 1.54) is 0 Å². The van der Waals surface area contributed by atoms with Crippen LogP contribution in [0.25, 0.3) is 0 Å². The smallest absolute Gasteiger partial charge is 0.226 e. The summed E-state index contributed by atoms with van der Waals surface area (Å²) in [4.78, 5) is 15.2. The van der Waals surface area contributed by atoms with E-state index in [-0.39, 0.29) is 17.6 Å². The fraction of sp³-hybridized carbons (Fsp3) is 0.480. The van der Waals surface area contributed by atoms with Gasteiger partial charge in [-0.15, -0.1) is 0 Å². The Balaban J connectivity index is 1.19. The Hall–Kier alpha value is -2.08. The lowest BCUT2D eigenvalue weighted by molar-refractivity contribution is -0.184. The number of para-hydroxylation sites is 1. The molecular formula is C25H28ClNO4. The third-order valence-electron chi connectivity index (χ3n) is 6.79. The first-order valence-electron chi connectivity index (χ1n) is 11.2. The number of benzene rings is 2. The first kappa shape index (κ1) is 20.8. The molecule has 1 aliphatic carbocycles. The molecular weight excluding hydrogens is 414 g/mol. The molecule has 6 heteroatoms. The van der Waals surface area contributed by atoms with E-state index in [9.17, 15) is 4.79 Å². The monoisotopic (exact) mass is 441 g/mol. The molecule has 3 fully saturated rings. The highest BCUT2D eigenvalue weighted by molar-refractivity contribution is 6.31. The number of halogens is 1. The first-order chi connectivity index (χ1) is 15.1. The predicted molar refractivity (Wildman–Crippen MR) is 118 cm³/mol. The molecule has 31 heavy (non-hydrogen) atoms. The molecule has 1 unspecified atom stereocenters. The van der Waals surface area contributed by atoms with Crippen LogP contribution in [0.2, 0.25) is 5.02 Å². The van der Waals surface area contributed by atoms with Gasteiger partial charge >= 0.3 is 0 Å². The fourth-order valence-corrected chi connectivity index (χ4v) is 5.35. The lowest BCUT2D eigenvalue weighted by Gasteiger charge is -2.39. The summed E-state index contributed by atoms with van der Waals surface area (Å²) in [5.41, 5.74) is 0.998. The summed E-state index contributed by atoms with van der Waals surface area (Å²) in [5.74, 6) is 1.35. The number of carbonyl (C=O) groups excluding carboxylic acids is 1.